The van der Waals surface area contributed by atoms with Crippen LogP contribution in [-0.4, -0.2) is 21.5 Å². The third-order valence-electron chi connectivity index (χ3n) is 3.61. The molecule has 3 rings (SSSR count). The van der Waals surface area contributed by atoms with Crippen LogP contribution in [0.3, 0.4) is 0 Å². The van der Waals surface area contributed by atoms with Crippen LogP contribution in [0.15, 0.2) is 54.1 Å². The third-order valence-corrected chi connectivity index (χ3v) is 4.73. The molecule has 0 spiro atoms. The van der Waals surface area contributed by atoms with E-state index in [0.29, 0.717) is 21.2 Å². The van der Waals surface area contributed by atoms with E-state index in [1.807, 2.05) is 23.6 Å². The van der Waals surface area contributed by atoms with Crippen molar-refractivity contribution < 1.29 is 14.7 Å². The van der Waals surface area contributed by atoms with Crippen LogP contribution in [0, 0.1) is 0 Å². The number of nitrogens with zero attached hydrogens (tertiary/aromatic N) is 2. The topological polar surface area (TPSA) is 75.0 Å². The standard InChI is InChI=1S/C19H15ClN2O3S/c20-15-4-1-3-13(11-15)19-14(12-22(21-19)9-8-18(24)25)6-7-16(23)17-5-2-10-26-17/h1-7,10-12H,8-9H2,(H,24,25)/p-1/b7-6+. The molecule has 7 heteroatoms. The Labute approximate surface area is 159 Å². The Bertz CT molecular complexity index is 961. The second-order valence-corrected chi connectivity index (χ2v) is 6.89. The van der Waals surface area contributed by atoms with Gasteiger partial charge in [0.1, 0.15) is 0 Å². The zero-order valence-corrected chi connectivity index (χ0v) is 15.2. The predicted molar refractivity (Wildman–Crippen MR) is 100.0 cm³/mol. The molecule has 2 heterocycles. The van der Waals surface area contributed by atoms with Crippen LogP contribution < -0.4 is 5.11 Å². The van der Waals surface area contributed by atoms with Gasteiger partial charge in [-0.05, 0) is 35.7 Å². The van der Waals surface area contributed by atoms with Crippen LogP contribution in [0.4, 0.5) is 0 Å². The Balaban J connectivity index is 1.93. The molecule has 0 aliphatic rings. The van der Waals surface area contributed by atoms with Crippen LogP contribution in [-0.2, 0) is 11.3 Å². The van der Waals surface area contributed by atoms with E-state index in [-0.39, 0.29) is 18.7 Å². The zero-order valence-electron chi connectivity index (χ0n) is 13.6. The van der Waals surface area contributed by atoms with E-state index in [1.165, 1.54) is 22.1 Å². The average molecular weight is 386 g/mol. The Morgan fingerprint density at radius 1 is 1.27 bits per heavy atom. The van der Waals surface area contributed by atoms with Gasteiger partial charge in [-0.25, -0.2) is 0 Å². The fraction of sp³-hybridized carbons (Fsp3) is 0.105. The molecule has 26 heavy (non-hydrogen) atoms. The smallest absolute Gasteiger partial charge is 0.195 e. The highest BCUT2D eigenvalue weighted by atomic mass is 35.5. The monoisotopic (exact) mass is 385 g/mol. The first kappa shape index (κ1) is 18.1. The van der Waals surface area contributed by atoms with Gasteiger partial charge in [-0.1, -0.05) is 29.8 Å². The molecule has 3 aromatic rings. The van der Waals surface area contributed by atoms with Gasteiger partial charge < -0.3 is 9.90 Å². The average Bonchev–Trinajstić information content (AvgIpc) is 3.28. The van der Waals surface area contributed by atoms with Gasteiger partial charge in [0.15, 0.2) is 5.78 Å². The number of aryl methyl sites for hydroxylation is 1. The first-order chi connectivity index (χ1) is 12.5. The maximum absolute atomic E-state index is 12.2. The van der Waals surface area contributed by atoms with Crippen molar-refractivity contribution in [3.05, 3.63) is 69.5 Å². The number of halogens is 1. The lowest BCUT2D eigenvalue weighted by atomic mass is 10.1. The van der Waals surface area contributed by atoms with Crippen LogP contribution in [0.1, 0.15) is 21.7 Å². The number of carbonyl (C=O) groups excluding carboxylic acids is 2. The number of aliphatic carboxylic acids is 1. The highest BCUT2D eigenvalue weighted by Crippen LogP contribution is 2.26. The number of hydrogen-bond donors (Lipinski definition) is 0. The van der Waals surface area contributed by atoms with Crippen LogP contribution in [0.5, 0.6) is 0 Å². The summed E-state index contributed by atoms with van der Waals surface area (Å²) in [6.07, 6.45) is 4.73. The first-order valence-electron chi connectivity index (χ1n) is 7.82. The number of carboxylic acids is 1. The normalized spacial score (nSPS) is 11.1. The fourth-order valence-electron chi connectivity index (χ4n) is 2.41. The molecule has 0 unspecified atom stereocenters. The maximum Gasteiger partial charge on any atom is 0.195 e. The summed E-state index contributed by atoms with van der Waals surface area (Å²) >= 11 is 7.43. The third kappa shape index (κ3) is 4.47. The summed E-state index contributed by atoms with van der Waals surface area (Å²) in [5, 5.41) is 17.5. The Morgan fingerprint density at radius 2 is 2.12 bits per heavy atom. The minimum absolute atomic E-state index is 0.0977. The van der Waals surface area contributed by atoms with E-state index in [1.54, 1.807) is 30.5 Å². The molecule has 132 valence electrons. The van der Waals surface area contributed by atoms with Gasteiger partial charge in [0, 0.05) is 41.3 Å². The molecule has 0 aliphatic heterocycles. The van der Waals surface area contributed by atoms with Crippen molar-refractivity contribution in [2.45, 2.75) is 13.0 Å². The van der Waals surface area contributed by atoms with Crippen molar-refractivity contribution >= 4 is 40.8 Å². The molecule has 0 amide bonds. The van der Waals surface area contributed by atoms with E-state index in [4.69, 9.17) is 11.6 Å². The summed E-state index contributed by atoms with van der Waals surface area (Å²) in [6, 6.07) is 10.8. The second kappa shape index (κ2) is 8.12. The number of rotatable bonds is 7. The number of benzene rings is 1. The van der Waals surface area contributed by atoms with E-state index < -0.39 is 5.97 Å². The quantitative estimate of drug-likeness (QED) is 0.462. The molecule has 1 aromatic carbocycles. The summed E-state index contributed by atoms with van der Waals surface area (Å²) in [4.78, 5) is 23.5. The number of allylic oxidation sites excluding steroid dienone is 1. The van der Waals surface area contributed by atoms with Gasteiger partial charge in [0.2, 0.25) is 0 Å². The minimum Gasteiger partial charge on any atom is -0.550 e. The Morgan fingerprint density at radius 3 is 2.81 bits per heavy atom. The number of hydrogen-bond acceptors (Lipinski definition) is 5. The molecule has 5 nitrogen and oxygen atoms in total. The molecular weight excluding hydrogens is 372 g/mol. The number of aromatic nitrogens is 2. The molecule has 0 saturated carbocycles. The second-order valence-electron chi connectivity index (χ2n) is 5.50. The van der Waals surface area contributed by atoms with Gasteiger partial charge in [0.05, 0.1) is 10.6 Å². The molecule has 0 aliphatic carbocycles. The van der Waals surface area contributed by atoms with Crippen molar-refractivity contribution in [1.29, 1.82) is 0 Å². The van der Waals surface area contributed by atoms with Gasteiger partial charge in [0.25, 0.3) is 0 Å². The largest absolute Gasteiger partial charge is 0.550 e. The van der Waals surface area contributed by atoms with Crippen LogP contribution >= 0.6 is 22.9 Å². The van der Waals surface area contributed by atoms with Gasteiger partial charge in [-0.15, -0.1) is 11.3 Å². The molecule has 2 aromatic heterocycles. The maximum atomic E-state index is 12.2. The van der Waals surface area contributed by atoms with Crippen LogP contribution in [0.25, 0.3) is 17.3 Å². The lowest BCUT2D eigenvalue weighted by Gasteiger charge is -2.02. The van der Waals surface area contributed by atoms with Crippen molar-refractivity contribution in [2.24, 2.45) is 0 Å². The number of carboxylic acid groups (broad SMARTS) is 1. The SMILES string of the molecule is O=C([O-])CCn1cc(/C=C/C(=O)c2cccs2)c(-c2cccc(Cl)c2)n1. The van der Waals surface area contributed by atoms with E-state index >= 15 is 0 Å². The predicted octanol–water partition coefficient (Wildman–Crippen LogP) is 3.30. The highest BCUT2D eigenvalue weighted by Gasteiger charge is 2.11. The summed E-state index contributed by atoms with van der Waals surface area (Å²) in [6.45, 7) is 0.183. The number of ketones is 1. The lowest BCUT2D eigenvalue weighted by molar-refractivity contribution is -0.306. The number of thiophene rings is 1. The summed E-state index contributed by atoms with van der Waals surface area (Å²) < 4.78 is 1.53. The molecular formula is C19H14ClN2O3S-. The number of carbonyl (C=O) groups is 2. The Hall–Kier alpha value is -2.70. The zero-order chi connectivity index (χ0) is 18.5. The van der Waals surface area contributed by atoms with Crippen LogP contribution in [0.2, 0.25) is 5.02 Å². The molecule has 0 bridgehead atoms. The van der Waals surface area contributed by atoms with Gasteiger partial charge in [-0.2, -0.15) is 5.10 Å². The van der Waals surface area contributed by atoms with Gasteiger partial charge >= 0.3 is 0 Å². The molecule has 0 radical (unpaired) electrons. The molecule has 0 N–H and O–H groups in total. The van der Waals surface area contributed by atoms with Crippen molar-refractivity contribution in [3.8, 4) is 11.3 Å². The van der Waals surface area contributed by atoms with Crippen molar-refractivity contribution in [1.82, 2.24) is 9.78 Å². The minimum atomic E-state index is -1.14. The summed E-state index contributed by atoms with van der Waals surface area (Å²) in [5.74, 6) is -1.24. The first-order valence-corrected chi connectivity index (χ1v) is 9.08. The van der Waals surface area contributed by atoms with Crippen molar-refractivity contribution in [3.63, 3.8) is 0 Å². The summed E-state index contributed by atoms with van der Waals surface area (Å²) in [5.41, 5.74) is 2.12. The fourth-order valence-corrected chi connectivity index (χ4v) is 3.24. The molecule has 0 atom stereocenters. The molecule has 0 saturated heterocycles. The van der Waals surface area contributed by atoms with E-state index in [2.05, 4.69) is 5.10 Å². The molecule has 0 fully saturated rings. The van der Waals surface area contributed by atoms with E-state index in [0.717, 1.165) is 5.56 Å². The highest BCUT2D eigenvalue weighted by molar-refractivity contribution is 7.12. The van der Waals surface area contributed by atoms with E-state index in [9.17, 15) is 14.7 Å². The summed E-state index contributed by atoms with van der Waals surface area (Å²) in [7, 11) is 0. The van der Waals surface area contributed by atoms with Gasteiger partial charge in [-0.3, -0.25) is 9.48 Å². The Kier molecular flexibility index (Phi) is 5.65. The lowest BCUT2D eigenvalue weighted by Crippen LogP contribution is -2.23. The van der Waals surface area contributed by atoms with Crippen molar-refractivity contribution in [2.75, 3.05) is 0 Å².